The number of nitrogens with one attached hydrogen (secondary N) is 1. The number of carbonyl (C=O) groups is 2. The van der Waals surface area contributed by atoms with Crippen molar-refractivity contribution in [3.05, 3.63) is 65.2 Å². The Labute approximate surface area is 199 Å². The molecular formula is C23H27F3N4O3S. The van der Waals surface area contributed by atoms with Crippen LogP contribution in [0.25, 0.3) is 10.2 Å². The van der Waals surface area contributed by atoms with E-state index in [9.17, 15) is 18.0 Å². The molecule has 0 aliphatic rings. The molecule has 1 heterocycles. The molecule has 0 spiro atoms. The number of nitrogens with two attached hydrogens (primary N) is 2. The average Bonchev–Trinajstić information content (AvgIpc) is 3.24. The maximum Gasteiger partial charge on any atom is 0.490 e. The third-order valence-corrected chi connectivity index (χ3v) is 5.94. The van der Waals surface area contributed by atoms with Gasteiger partial charge in [-0.1, -0.05) is 42.5 Å². The summed E-state index contributed by atoms with van der Waals surface area (Å²) in [4.78, 5) is 26.2. The minimum atomic E-state index is -5.08. The Bertz CT molecular complexity index is 1030. The first kappa shape index (κ1) is 27.2. The van der Waals surface area contributed by atoms with Crippen molar-refractivity contribution in [3.63, 3.8) is 0 Å². The van der Waals surface area contributed by atoms with Crippen LogP contribution in [0.2, 0.25) is 0 Å². The first-order chi connectivity index (χ1) is 16.1. The molecule has 0 radical (unpaired) electrons. The Morgan fingerprint density at radius 1 is 1.06 bits per heavy atom. The van der Waals surface area contributed by atoms with Crippen molar-refractivity contribution in [1.29, 1.82) is 0 Å². The standard InChI is InChI=1S/C21H26N4OS.C2HF3O2/c22-14-6-9-16(23)20(26)24-18(13-12-15-7-2-1-3-8-15)21-25-17-10-4-5-11-19(17)27-21;3-2(4,5)1(6)7/h1-5,7-8,10-11,16,18H,6,9,12-14,22-23H2,(H,24,26);(H,6,7)/t16-,18-;/m1./s1. The van der Waals surface area contributed by atoms with Gasteiger partial charge in [-0.3, -0.25) is 4.79 Å². The van der Waals surface area contributed by atoms with Crippen LogP contribution < -0.4 is 16.8 Å². The summed E-state index contributed by atoms with van der Waals surface area (Å²) in [5.74, 6) is -2.90. The first-order valence-electron chi connectivity index (χ1n) is 10.6. The number of carbonyl (C=O) groups excluding carboxylic acids is 1. The number of nitrogens with zero attached hydrogens (tertiary/aromatic N) is 1. The highest BCUT2D eigenvalue weighted by molar-refractivity contribution is 7.18. The summed E-state index contributed by atoms with van der Waals surface area (Å²) in [6.07, 6.45) is -2.11. The maximum absolute atomic E-state index is 12.6. The van der Waals surface area contributed by atoms with Gasteiger partial charge in [-0.05, 0) is 49.9 Å². The molecule has 7 nitrogen and oxygen atoms in total. The summed E-state index contributed by atoms with van der Waals surface area (Å²) in [6.45, 7) is 0.538. The summed E-state index contributed by atoms with van der Waals surface area (Å²) < 4.78 is 32.9. The third-order valence-electron chi connectivity index (χ3n) is 4.79. The van der Waals surface area contributed by atoms with Gasteiger partial charge in [0.25, 0.3) is 0 Å². The number of aromatic nitrogens is 1. The second-order valence-corrected chi connectivity index (χ2v) is 8.51. The lowest BCUT2D eigenvalue weighted by Gasteiger charge is -2.19. The van der Waals surface area contributed by atoms with E-state index in [1.54, 1.807) is 11.3 Å². The van der Waals surface area contributed by atoms with Gasteiger partial charge < -0.3 is 21.9 Å². The lowest BCUT2D eigenvalue weighted by molar-refractivity contribution is -0.192. The Balaban J connectivity index is 0.000000509. The summed E-state index contributed by atoms with van der Waals surface area (Å²) in [5, 5.41) is 11.2. The molecule has 2 aromatic carbocycles. The van der Waals surface area contributed by atoms with Gasteiger partial charge in [0.15, 0.2) is 0 Å². The Morgan fingerprint density at radius 3 is 2.26 bits per heavy atom. The van der Waals surface area contributed by atoms with Crippen LogP contribution in [-0.2, 0) is 16.0 Å². The van der Waals surface area contributed by atoms with E-state index in [4.69, 9.17) is 26.4 Å². The molecule has 0 unspecified atom stereocenters. The lowest BCUT2D eigenvalue weighted by Crippen LogP contribution is -2.42. The molecule has 34 heavy (non-hydrogen) atoms. The van der Waals surface area contributed by atoms with Crippen LogP contribution in [0.1, 0.15) is 35.9 Å². The first-order valence-corrected chi connectivity index (χ1v) is 11.4. The van der Waals surface area contributed by atoms with Gasteiger partial charge in [0.1, 0.15) is 5.01 Å². The number of para-hydroxylation sites is 1. The number of rotatable bonds is 9. The van der Waals surface area contributed by atoms with Gasteiger partial charge in [0.05, 0.1) is 22.3 Å². The van der Waals surface area contributed by atoms with Crippen LogP contribution in [0.15, 0.2) is 54.6 Å². The highest BCUT2D eigenvalue weighted by Gasteiger charge is 2.38. The Morgan fingerprint density at radius 2 is 1.68 bits per heavy atom. The summed E-state index contributed by atoms with van der Waals surface area (Å²) in [7, 11) is 0. The minimum absolute atomic E-state index is 0.138. The summed E-state index contributed by atoms with van der Waals surface area (Å²) >= 11 is 1.63. The van der Waals surface area contributed by atoms with Crippen LogP contribution in [0, 0.1) is 0 Å². The molecule has 3 rings (SSSR count). The van der Waals surface area contributed by atoms with E-state index in [-0.39, 0.29) is 11.9 Å². The smallest absolute Gasteiger partial charge is 0.475 e. The van der Waals surface area contributed by atoms with Crippen LogP contribution >= 0.6 is 11.3 Å². The fourth-order valence-corrected chi connectivity index (χ4v) is 4.05. The number of fused-ring (bicyclic) bond motifs is 1. The van der Waals surface area contributed by atoms with Gasteiger partial charge in [-0.2, -0.15) is 13.2 Å². The highest BCUT2D eigenvalue weighted by Crippen LogP contribution is 2.29. The Hall–Kier alpha value is -3.02. The van der Waals surface area contributed by atoms with Crippen LogP contribution in [0.3, 0.4) is 0 Å². The van der Waals surface area contributed by atoms with E-state index < -0.39 is 18.2 Å². The fraction of sp³-hybridized carbons (Fsp3) is 0.348. The zero-order valence-electron chi connectivity index (χ0n) is 18.3. The van der Waals surface area contributed by atoms with Crippen molar-refractivity contribution in [2.75, 3.05) is 6.54 Å². The summed E-state index contributed by atoms with van der Waals surface area (Å²) in [6, 6.07) is 17.6. The largest absolute Gasteiger partial charge is 0.490 e. The van der Waals surface area contributed by atoms with Crippen molar-refractivity contribution >= 4 is 33.4 Å². The number of hydrogen-bond acceptors (Lipinski definition) is 6. The molecule has 0 saturated heterocycles. The molecule has 0 fully saturated rings. The molecule has 3 aromatic rings. The zero-order valence-corrected chi connectivity index (χ0v) is 19.1. The molecule has 0 aliphatic carbocycles. The second kappa shape index (κ2) is 13.0. The molecule has 0 aliphatic heterocycles. The van der Waals surface area contributed by atoms with Crippen LogP contribution in [0.5, 0.6) is 0 Å². The number of carboxylic acid groups (broad SMARTS) is 1. The van der Waals surface area contributed by atoms with E-state index in [0.717, 1.165) is 34.5 Å². The monoisotopic (exact) mass is 496 g/mol. The van der Waals surface area contributed by atoms with Crippen molar-refractivity contribution < 1.29 is 27.9 Å². The number of hydrogen-bond donors (Lipinski definition) is 4. The highest BCUT2D eigenvalue weighted by atomic mass is 32.1. The van der Waals surface area contributed by atoms with Gasteiger partial charge in [0.2, 0.25) is 5.91 Å². The van der Waals surface area contributed by atoms with E-state index in [0.29, 0.717) is 13.0 Å². The van der Waals surface area contributed by atoms with E-state index >= 15 is 0 Å². The number of alkyl halides is 3. The third kappa shape index (κ3) is 8.73. The number of carboxylic acids is 1. The number of thiazole rings is 1. The van der Waals surface area contributed by atoms with Crippen molar-refractivity contribution in [1.82, 2.24) is 10.3 Å². The van der Waals surface area contributed by atoms with E-state index in [1.165, 1.54) is 5.56 Å². The van der Waals surface area contributed by atoms with Gasteiger partial charge in [-0.25, -0.2) is 9.78 Å². The quantitative estimate of drug-likeness (QED) is 0.357. The molecular weight excluding hydrogens is 469 g/mol. The molecule has 184 valence electrons. The normalized spacial score (nSPS) is 13.0. The topological polar surface area (TPSA) is 131 Å². The number of aliphatic carboxylic acids is 1. The van der Waals surface area contributed by atoms with Crippen LogP contribution in [0.4, 0.5) is 13.2 Å². The van der Waals surface area contributed by atoms with E-state index in [2.05, 4.69) is 23.5 Å². The summed E-state index contributed by atoms with van der Waals surface area (Å²) in [5.41, 5.74) is 13.8. The van der Waals surface area contributed by atoms with Crippen molar-refractivity contribution in [3.8, 4) is 0 Å². The SMILES string of the molecule is NCCC[C@@H](N)C(=O)N[C@H](CCc1ccccc1)c1nc2ccccc2s1.O=C(O)C(F)(F)F. The molecule has 1 amide bonds. The zero-order chi connectivity index (χ0) is 25.1. The fourth-order valence-electron chi connectivity index (χ4n) is 3.00. The lowest BCUT2D eigenvalue weighted by atomic mass is 10.0. The number of benzene rings is 2. The van der Waals surface area contributed by atoms with Gasteiger partial charge in [-0.15, -0.1) is 11.3 Å². The average molecular weight is 497 g/mol. The predicted molar refractivity (Wildman–Crippen MR) is 125 cm³/mol. The molecule has 1 aromatic heterocycles. The molecule has 11 heteroatoms. The van der Waals surface area contributed by atoms with Gasteiger partial charge in [0, 0.05) is 0 Å². The minimum Gasteiger partial charge on any atom is -0.475 e. The Kier molecular flexibility index (Phi) is 10.4. The molecule has 6 N–H and O–H groups in total. The maximum atomic E-state index is 12.6. The van der Waals surface area contributed by atoms with Gasteiger partial charge >= 0.3 is 12.1 Å². The van der Waals surface area contributed by atoms with Crippen molar-refractivity contribution in [2.45, 2.75) is 43.9 Å². The van der Waals surface area contributed by atoms with Crippen molar-refractivity contribution in [2.24, 2.45) is 11.5 Å². The second-order valence-electron chi connectivity index (χ2n) is 7.45. The predicted octanol–water partition coefficient (Wildman–Crippen LogP) is 3.79. The molecule has 2 atom stereocenters. The molecule has 0 bridgehead atoms. The van der Waals surface area contributed by atoms with Crippen LogP contribution in [-0.4, -0.2) is 40.7 Å². The number of halogens is 3. The number of aryl methyl sites for hydroxylation is 1. The number of amides is 1. The van der Waals surface area contributed by atoms with E-state index in [1.807, 2.05) is 36.4 Å². The molecule has 0 saturated carbocycles.